The molecule has 3 heterocycles. The molecule has 0 radical (unpaired) electrons. The lowest BCUT2D eigenvalue weighted by Crippen LogP contribution is -2.36. The van der Waals surface area contributed by atoms with Crippen LogP contribution in [0.4, 0.5) is 11.5 Å². The third-order valence-electron chi connectivity index (χ3n) is 4.79. The topological polar surface area (TPSA) is 70.2 Å². The molecule has 1 aromatic carbocycles. The summed E-state index contributed by atoms with van der Waals surface area (Å²) in [6.45, 7) is 5.12. The fourth-order valence-corrected chi connectivity index (χ4v) is 3.75. The SMILES string of the molecule is Cc1[nH]c2ccc(Br)cc2c1CC(=O)Nc1ccc(N2CCOCC2)nc1. The summed E-state index contributed by atoms with van der Waals surface area (Å²) in [5.41, 5.74) is 3.77. The van der Waals surface area contributed by atoms with Crippen LogP contribution in [0.3, 0.4) is 0 Å². The Hall–Kier alpha value is -2.38. The van der Waals surface area contributed by atoms with Gasteiger partial charge in [-0.15, -0.1) is 0 Å². The van der Waals surface area contributed by atoms with Crippen LogP contribution in [-0.2, 0) is 16.0 Å². The van der Waals surface area contributed by atoms with E-state index in [1.165, 1.54) is 0 Å². The number of morpholine rings is 1. The number of nitrogens with zero attached hydrogens (tertiary/aromatic N) is 2. The predicted octanol–water partition coefficient (Wildman–Crippen LogP) is 3.65. The Morgan fingerprint density at radius 2 is 2.11 bits per heavy atom. The third kappa shape index (κ3) is 3.99. The van der Waals surface area contributed by atoms with Crippen molar-refractivity contribution in [1.82, 2.24) is 9.97 Å². The zero-order valence-corrected chi connectivity index (χ0v) is 16.7. The minimum atomic E-state index is -0.0556. The van der Waals surface area contributed by atoms with Crippen molar-refractivity contribution >= 4 is 44.2 Å². The summed E-state index contributed by atoms with van der Waals surface area (Å²) < 4.78 is 6.36. The first-order valence-electron chi connectivity index (χ1n) is 8.95. The molecule has 140 valence electrons. The van der Waals surface area contributed by atoms with Crippen molar-refractivity contribution in [3.8, 4) is 0 Å². The molecule has 27 heavy (non-hydrogen) atoms. The molecule has 1 amide bonds. The number of aromatic nitrogens is 2. The Bertz CT molecular complexity index is 962. The van der Waals surface area contributed by atoms with Gasteiger partial charge >= 0.3 is 0 Å². The van der Waals surface area contributed by atoms with Gasteiger partial charge in [-0.05, 0) is 42.8 Å². The molecule has 1 saturated heterocycles. The number of carbonyl (C=O) groups is 1. The first-order chi connectivity index (χ1) is 13.1. The zero-order valence-electron chi connectivity index (χ0n) is 15.1. The molecule has 2 aromatic heterocycles. The van der Waals surface area contributed by atoms with E-state index < -0.39 is 0 Å². The van der Waals surface area contributed by atoms with Crippen molar-refractivity contribution in [1.29, 1.82) is 0 Å². The first kappa shape index (κ1) is 18.0. The molecule has 0 bridgehead atoms. The van der Waals surface area contributed by atoms with Crippen LogP contribution in [0.25, 0.3) is 10.9 Å². The second kappa shape index (κ2) is 7.70. The summed E-state index contributed by atoms with van der Waals surface area (Å²) in [5.74, 6) is 0.855. The number of rotatable bonds is 4. The van der Waals surface area contributed by atoms with Crippen molar-refractivity contribution in [3.63, 3.8) is 0 Å². The Morgan fingerprint density at radius 1 is 1.30 bits per heavy atom. The molecule has 0 aliphatic carbocycles. The minimum absolute atomic E-state index is 0.0556. The van der Waals surface area contributed by atoms with Crippen molar-refractivity contribution in [2.24, 2.45) is 0 Å². The number of ether oxygens (including phenoxy) is 1. The maximum atomic E-state index is 12.6. The predicted molar refractivity (Wildman–Crippen MR) is 110 cm³/mol. The van der Waals surface area contributed by atoms with E-state index in [0.29, 0.717) is 12.1 Å². The van der Waals surface area contributed by atoms with Crippen LogP contribution in [0.2, 0.25) is 0 Å². The molecule has 6 nitrogen and oxygen atoms in total. The van der Waals surface area contributed by atoms with E-state index in [2.05, 4.69) is 36.1 Å². The molecule has 1 fully saturated rings. The molecule has 0 saturated carbocycles. The number of hydrogen-bond acceptors (Lipinski definition) is 4. The Morgan fingerprint density at radius 3 is 2.85 bits per heavy atom. The number of H-pyrrole nitrogens is 1. The second-order valence-electron chi connectivity index (χ2n) is 6.65. The number of halogens is 1. The Balaban J connectivity index is 1.45. The number of carbonyl (C=O) groups excluding carboxylic acids is 1. The van der Waals surface area contributed by atoms with Crippen molar-refractivity contribution in [2.45, 2.75) is 13.3 Å². The fraction of sp³-hybridized carbons (Fsp3) is 0.300. The van der Waals surface area contributed by atoms with E-state index in [4.69, 9.17) is 4.74 Å². The molecule has 0 spiro atoms. The highest BCUT2D eigenvalue weighted by atomic mass is 79.9. The van der Waals surface area contributed by atoms with Gasteiger partial charge in [0.25, 0.3) is 0 Å². The average molecular weight is 429 g/mol. The van der Waals surface area contributed by atoms with Crippen LogP contribution in [0.15, 0.2) is 41.0 Å². The van der Waals surface area contributed by atoms with Crippen molar-refractivity contribution in [2.75, 3.05) is 36.5 Å². The number of anilines is 2. The lowest BCUT2D eigenvalue weighted by atomic mass is 10.1. The maximum Gasteiger partial charge on any atom is 0.228 e. The van der Waals surface area contributed by atoms with Gasteiger partial charge in [0.2, 0.25) is 5.91 Å². The molecule has 4 rings (SSSR count). The van der Waals surface area contributed by atoms with E-state index in [1.807, 2.05) is 37.3 Å². The second-order valence-corrected chi connectivity index (χ2v) is 7.56. The van der Waals surface area contributed by atoms with Gasteiger partial charge in [-0.25, -0.2) is 4.98 Å². The highest BCUT2D eigenvalue weighted by molar-refractivity contribution is 9.10. The molecule has 0 unspecified atom stereocenters. The molecule has 1 aliphatic heterocycles. The average Bonchev–Trinajstić information content (AvgIpc) is 2.98. The molecule has 2 N–H and O–H groups in total. The summed E-state index contributed by atoms with van der Waals surface area (Å²) in [4.78, 5) is 22.6. The summed E-state index contributed by atoms with van der Waals surface area (Å²) in [6, 6.07) is 9.88. The van der Waals surface area contributed by atoms with Crippen LogP contribution in [0.5, 0.6) is 0 Å². The van der Waals surface area contributed by atoms with Crippen LogP contribution in [0, 0.1) is 6.92 Å². The van der Waals surface area contributed by atoms with Crippen molar-refractivity contribution < 1.29 is 9.53 Å². The van der Waals surface area contributed by atoms with Gasteiger partial charge in [0, 0.05) is 34.2 Å². The van der Waals surface area contributed by atoms with Gasteiger partial charge in [0.15, 0.2) is 0 Å². The number of fused-ring (bicyclic) bond motifs is 1. The summed E-state index contributed by atoms with van der Waals surface area (Å²) in [6.07, 6.45) is 2.02. The summed E-state index contributed by atoms with van der Waals surface area (Å²) in [5, 5.41) is 4.01. The van der Waals surface area contributed by atoms with Gasteiger partial charge < -0.3 is 19.9 Å². The lowest BCUT2D eigenvalue weighted by Gasteiger charge is -2.27. The number of amides is 1. The van der Waals surface area contributed by atoms with Gasteiger partial charge in [-0.1, -0.05) is 15.9 Å². The standard InChI is InChI=1S/C20H21BrN4O2/c1-13-16(17-10-14(21)2-4-18(17)23-13)11-20(26)24-15-3-5-19(22-12-15)25-6-8-27-9-7-25/h2-5,10,12,23H,6-9,11H2,1H3,(H,24,26). The number of nitrogens with one attached hydrogen (secondary N) is 2. The normalized spacial score (nSPS) is 14.5. The Labute approximate surface area is 166 Å². The smallest absolute Gasteiger partial charge is 0.228 e. The third-order valence-corrected chi connectivity index (χ3v) is 5.28. The van der Waals surface area contributed by atoms with Gasteiger partial charge in [-0.3, -0.25) is 4.79 Å². The largest absolute Gasteiger partial charge is 0.378 e. The number of benzene rings is 1. The van der Waals surface area contributed by atoms with E-state index in [-0.39, 0.29) is 5.91 Å². The first-order valence-corrected chi connectivity index (χ1v) is 9.75. The molecular formula is C20H21BrN4O2. The Kier molecular flexibility index (Phi) is 5.13. The molecule has 3 aromatic rings. The van der Waals surface area contributed by atoms with Gasteiger partial charge in [-0.2, -0.15) is 0 Å². The monoisotopic (exact) mass is 428 g/mol. The van der Waals surface area contributed by atoms with Gasteiger partial charge in [0.05, 0.1) is 31.5 Å². The zero-order chi connectivity index (χ0) is 18.8. The van der Waals surface area contributed by atoms with Gasteiger partial charge in [0.1, 0.15) is 5.82 Å². The van der Waals surface area contributed by atoms with Crippen LogP contribution < -0.4 is 10.2 Å². The van der Waals surface area contributed by atoms with Crippen LogP contribution >= 0.6 is 15.9 Å². The van der Waals surface area contributed by atoms with E-state index in [1.54, 1.807) is 6.20 Å². The molecule has 1 aliphatic rings. The molecular weight excluding hydrogens is 408 g/mol. The highest BCUT2D eigenvalue weighted by Crippen LogP contribution is 2.26. The number of aromatic amines is 1. The number of aryl methyl sites for hydroxylation is 1. The maximum absolute atomic E-state index is 12.6. The number of hydrogen-bond donors (Lipinski definition) is 2. The van der Waals surface area contributed by atoms with E-state index in [9.17, 15) is 4.79 Å². The summed E-state index contributed by atoms with van der Waals surface area (Å²) in [7, 11) is 0. The lowest BCUT2D eigenvalue weighted by molar-refractivity contribution is -0.115. The van der Waals surface area contributed by atoms with E-state index >= 15 is 0 Å². The summed E-state index contributed by atoms with van der Waals surface area (Å²) >= 11 is 3.50. The minimum Gasteiger partial charge on any atom is -0.378 e. The molecule has 0 atom stereocenters. The van der Waals surface area contributed by atoms with Crippen LogP contribution in [-0.4, -0.2) is 42.2 Å². The van der Waals surface area contributed by atoms with Crippen LogP contribution in [0.1, 0.15) is 11.3 Å². The molecule has 7 heteroatoms. The highest BCUT2D eigenvalue weighted by Gasteiger charge is 2.15. The fourth-order valence-electron chi connectivity index (χ4n) is 3.39. The quantitative estimate of drug-likeness (QED) is 0.665. The van der Waals surface area contributed by atoms with E-state index in [0.717, 1.165) is 58.8 Å². The van der Waals surface area contributed by atoms with Crippen molar-refractivity contribution in [3.05, 3.63) is 52.3 Å². The number of pyridine rings is 1.